The summed E-state index contributed by atoms with van der Waals surface area (Å²) in [7, 11) is 1.83. The van der Waals surface area contributed by atoms with Crippen molar-refractivity contribution in [3.8, 4) is 0 Å². The molecule has 5 heteroatoms. The van der Waals surface area contributed by atoms with Crippen LogP contribution in [-0.4, -0.2) is 37.1 Å². The van der Waals surface area contributed by atoms with Gasteiger partial charge in [-0.15, -0.1) is 12.4 Å². The van der Waals surface area contributed by atoms with E-state index in [0.717, 1.165) is 25.0 Å². The van der Waals surface area contributed by atoms with Crippen molar-refractivity contribution in [1.82, 2.24) is 4.90 Å². The molecule has 2 N–H and O–H groups in total. The van der Waals surface area contributed by atoms with Gasteiger partial charge in [0.15, 0.2) is 0 Å². The van der Waals surface area contributed by atoms with E-state index in [2.05, 4.69) is 0 Å². The number of hydrogen-bond donors (Lipinski definition) is 1. The topological polar surface area (TPSA) is 55.6 Å². The molecule has 1 amide bonds. The summed E-state index contributed by atoms with van der Waals surface area (Å²) < 4.78 is 5.57. The molecule has 1 fully saturated rings. The van der Waals surface area contributed by atoms with Crippen LogP contribution in [0.3, 0.4) is 0 Å². The van der Waals surface area contributed by atoms with Crippen molar-refractivity contribution in [3.05, 3.63) is 35.9 Å². The molecular formula is C16H25ClN2O2. The monoisotopic (exact) mass is 312 g/mol. The number of benzene rings is 1. The second-order valence-electron chi connectivity index (χ2n) is 5.58. The predicted octanol–water partition coefficient (Wildman–Crippen LogP) is 2.38. The number of halogens is 1. The van der Waals surface area contributed by atoms with Crippen molar-refractivity contribution in [1.29, 1.82) is 0 Å². The second-order valence-corrected chi connectivity index (χ2v) is 5.58. The van der Waals surface area contributed by atoms with Gasteiger partial charge < -0.3 is 15.4 Å². The summed E-state index contributed by atoms with van der Waals surface area (Å²) in [6.07, 6.45) is 2.31. The van der Waals surface area contributed by atoms with Gasteiger partial charge in [-0.25, -0.2) is 0 Å². The molecule has 1 aromatic carbocycles. The number of nitrogens with two attached hydrogens (primary N) is 1. The first kappa shape index (κ1) is 18.0. The molecule has 1 aromatic rings. The van der Waals surface area contributed by atoms with Crippen LogP contribution in [-0.2, 0) is 9.53 Å². The number of carbonyl (C=O) groups excluding carboxylic acids is 1. The molecule has 118 valence electrons. The molecule has 4 nitrogen and oxygen atoms in total. The van der Waals surface area contributed by atoms with Gasteiger partial charge in [-0.05, 0) is 18.4 Å². The summed E-state index contributed by atoms with van der Waals surface area (Å²) in [5.74, 6) is -0.152. The minimum Gasteiger partial charge on any atom is -0.376 e. The Morgan fingerprint density at radius 2 is 2.10 bits per heavy atom. The fourth-order valence-electron chi connectivity index (χ4n) is 2.65. The average molecular weight is 313 g/mol. The van der Waals surface area contributed by atoms with Gasteiger partial charge in [0, 0.05) is 26.2 Å². The van der Waals surface area contributed by atoms with Gasteiger partial charge in [0.2, 0.25) is 5.91 Å². The van der Waals surface area contributed by atoms with Crippen LogP contribution in [0.4, 0.5) is 0 Å². The highest BCUT2D eigenvalue weighted by molar-refractivity contribution is 5.85. The van der Waals surface area contributed by atoms with E-state index in [0.29, 0.717) is 6.54 Å². The van der Waals surface area contributed by atoms with Crippen LogP contribution in [0.1, 0.15) is 31.4 Å². The van der Waals surface area contributed by atoms with Crippen molar-refractivity contribution < 1.29 is 9.53 Å². The number of hydrogen-bond acceptors (Lipinski definition) is 3. The average Bonchev–Trinajstić information content (AvgIpc) is 2.98. The van der Waals surface area contributed by atoms with Gasteiger partial charge in [0.05, 0.1) is 12.0 Å². The maximum Gasteiger partial charge on any atom is 0.227 e. The van der Waals surface area contributed by atoms with E-state index < -0.39 is 0 Å². The number of amides is 1. The highest BCUT2D eigenvalue weighted by Gasteiger charge is 2.27. The molecule has 0 aromatic heterocycles. The SMILES string of the molecule is CC(C(=O)N(C)CC1CCCO1)C(N)c1ccccc1.Cl. The predicted molar refractivity (Wildman–Crippen MR) is 86.4 cm³/mol. The van der Waals surface area contributed by atoms with Crippen LogP contribution in [0.15, 0.2) is 30.3 Å². The normalized spacial score (nSPS) is 20.4. The maximum atomic E-state index is 12.4. The zero-order valence-corrected chi connectivity index (χ0v) is 13.5. The van der Waals surface area contributed by atoms with Gasteiger partial charge in [0.1, 0.15) is 0 Å². The van der Waals surface area contributed by atoms with Gasteiger partial charge in [-0.2, -0.15) is 0 Å². The lowest BCUT2D eigenvalue weighted by atomic mass is 9.94. The maximum absolute atomic E-state index is 12.4. The van der Waals surface area contributed by atoms with Crippen LogP contribution < -0.4 is 5.73 Å². The van der Waals surface area contributed by atoms with Crippen LogP contribution in [0.5, 0.6) is 0 Å². The molecule has 0 saturated carbocycles. The van der Waals surface area contributed by atoms with Crippen LogP contribution >= 0.6 is 12.4 Å². The summed E-state index contributed by atoms with van der Waals surface area (Å²) in [6, 6.07) is 9.51. The molecule has 1 aliphatic heterocycles. The third-order valence-electron chi connectivity index (χ3n) is 3.99. The third kappa shape index (κ3) is 4.70. The highest BCUT2D eigenvalue weighted by atomic mass is 35.5. The molecule has 0 bridgehead atoms. The molecule has 3 unspecified atom stereocenters. The van der Waals surface area contributed by atoms with Crippen molar-refractivity contribution in [2.45, 2.75) is 31.9 Å². The van der Waals surface area contributed by atoms with Crippen LogP contribution in [0.2, 0.25) is 0 Å². The highest BCUT2D eigenvalue weighted by Crippen LogP contribution is 2.21. The van der Waals surface area contributed by atoms with E-state index >= 15 is 0 Å². The van der Waals surface area contributed by atoms with Crippen LogP contribution in [0.25, 0.3) is 0 Å². The van der Waals surface area contributed by atoms with Gasteiger partial charge in [-0.3, -0.25) is 4.79 Å². The summed E-state index contributed by atoms with van der Waals surface area (Å²) in [4.78, 5) is 14.2. The Hall–Kier alpha value is -1.10. The summed E-state index contributed by atoms with van der Waals surface area (Å²) in [6.45, 7) is 3.36. The summed E-state index contributed by atoms with van der Waals surface area (Å²) >= 11 is 0. The van der Waals surface area contributed by atoms with Gasteiger partial charge in [0.25, 0.3) is 0 Å². The first-order chi connectivity index (χ1) is 9.59. The van der Waals surface area contributed by atoms with E-state index in [9.17, 15) is 4.79 Å². The quantitative estimate of drug-likeness (QED) is 0.908. The number of ether oxygens (including phenoxy) is 1. The number of rotatable bonds is 5. The zero-order chi connectivity index (χ0) is 14.5. The molecule has 0 aliphatic carbocycles. The Balaban J connectivity index is 0.00000220. The van der Waals surface area contributed by atoms with E-state index in [1.165, 1.54) is 0 Å². The standard InChI is InChI=1S/C16H24N2O2.ClH/c1-12(15(17)13-7-4-3-5-8-13)16(19)18(2)11-14-9-6-10-20-14;/h3-5,7-8,12,14-15H,6,9-11,17H2,1-2H3;1H. The minimum absolute atomic E-state index is 0. The Morgan fingerprint density at radius 3 is 2.67 bits per heavy atom. The lowest BCUT2D eigenvalue weighted by Gasteiger charge is -2.27. The molecule has 1 saturated heterocycles. The number of nitrogens with zero attached hydrogens (tertiary/aromatic N) is 1. The minimum atomic E-state index is -0.268. The van der Waals surface area contributed by atoms with Gasteiger partial charge in [-0.1, -0.05) is 37.3 Å². The smallest absolute Gasteiger partial charge is 0.227 e. The summed E-state index contributed by atoms with van der Waals surface area (Å²) in [5, 5.41) is 0. The molecule has 0 spiro atoms. The summed E-state index contributed by atoms with van der Waals surface area (Å²) in [5.41, 5.74) is 7.21. The second kappa shape index (κ2) is 8.37. The van der Waals surface area contributed by atoms with Gasteiger partial charge >= 0.3 is 0 Å². The van der Waals surface area contributed by atoms with E-state index in [1.54, 1.807) is 4.90 Å². The number of likely N-dealkylation sites (N-methyl/N-ethyl adjacent to an activating group) is 1. The lowest BCUT2D eigenvalue weighted by molar-refractivity contribution is -0.135. The lowest BCUT2D eigenvalue weighted by Crippen LogP contribution is -2.40. The van der Waals surface area contributed by atoms with Crippen molar-refractivity contribution in [3.63, 3.8) is 0 Å². The molecule has 0 radical (unpaired) electrons. The van der Waals surface area contributed by atoms with E-state index in [-0.39, 0.29) is 36.4 Å². The third-order valence-corrected chi connectivity index (χ3v) is 3.99. The van der Waals surface area contributed by atoms with Crippen molar-refractivity contribution in [2.24, 2.45) is 11.7 Å². The Bertz CT molecular complexity index is 435. The Labute approximate surface area is 133 Å². The molecule has 3 atom stereocenters. The fourth-order valence-corrected chi connectivity index (χ4v) is 2.65. The van der Waals surface area contributed by atoms with E-state index in [4.69, 9.17) is 10.5 Å². The Morgan fingerprint density at radius 1 is 1.43 bits per heavy atom. The molecule has 21 heavy (non-hydrogen) atoms. The first-order valence-corrected chi connectivity index (χ1v) is 7.26. The van der Waals surface area contributed by atoms with Crippen molar-refractivity contribution in [2.75, 3.05) is 20.2 Å². The van der Waals surface area contributed by atoms with Crippen molar-refractivity contribution >= 4 is 18.3 Å². The fraction of sp³-hybridized carbons (Fsp3) is 0.562. The van der Waals surface area contributed by atoms with Crippen LogP contribution in [0, 0.1) is 5.92 Å². The van der Waals surface area contributed by atoms with E-state index in [1.807, 2.05) is 44.3 Å². The molecular weight excluding hydrogens is 288 g/mol. The molecule has 1 heterocycles. The molecule has 2 rings (SSSR count). The number of carbonyl (C=O) groups is 1. The first-order valence-electron chi connectivity index (χ1n) is 7.26. The Kier molecular flexibility index (Phi) is 7.15. The largest absolute Gasteiger partial charge is 0.376 e. The molecule has 1 aliphatic rings. The zero-order valence-electron chi connectivity index (χ0n) is 12.7.